The number of primary amides is 1. The highest BCUT2D eigenvalue weighted by atomic mass is 32.2. The van der Waals surface area contributed by atoms with Gasteiger partial charge in [0.2, 0.25) is 0 Å². The van der Waals surface area contributed by atoms with Gasteiger partial charge in [-0.3, -0.25) is 9.78 Å². The molecule has 0 bridgehead atoms. The predicted molar refractivity (Wildman–Crippen MR) is 164 cm³/mol. The second kappa shape index (κ2) is 10.9. The predicted octanol–water partition coefficient (Wildman–Crippen LogP) is 5.03. The van der Waals surface area contributed by atoms with Crippen molar-refractivity contribution in [3.05, 3.63) is 95.4 Å². The van der Waals surface area contributed by atoms with Gasteiger partial charge in [-0.15, -0.1) is 0 Å². The van der Waals surface area contributed by atoms with E-state index >= 15 is 0 Å². The number of piperidine rings is 1. The zero-order valence-corrected chi connectivity index (χ0v) is 24.6. The summed E-state index contributed by atoms with van der Waals surface area (Å²) in [7, 11) is 2.14. The molecule has 1 aromatic carbocycles. The van der Waals surface area contributed by atoms with E-state index in [1.54, 1.807) is 29.0 Å². The number of aromatic nitrogens is 6. The molecule has 5 aromatic rings. The van der Waals surface area contributed by atoms with E-state index in [0.717, 1.165) is 59.8 Å². The highest BCUT2D eigenvalue weighted by Gasteiger charge is 2.36. The molecule has 1 atom stereocenters. The van der Waals surface area contributed by atoms with Crippen molar-refractivity contribution in [3.8, 4) is 22.6 Å². The van der Waals surface area contributed by atoms with E-state index in [0.29, 0.717) is 16.4 Å². The summed E-state index contributed by atoms with van der Waals surface area (Å²) in [5.74, 6) is -0.125. The van der Waals surface area contributed by atoms with E-state index in [1.165, 1.54) is 23.9 Å². The number of pyridine rings is 1. The molecule has 0 aliphatic carbocycles. The van der Waals surface area contributed by atoms with Gasteiger partial charge < -0.3 is 20.1 Å². The molecular formula is C31H30FN9OS. The van der Waals surface area contributed by atoms with Gasteiger partial charge in [-0.2, -0.15) is 5.10 Å². The minimum atomic E-state index is -0.474. The summed E-state index contributed by atoms with van der Waals surface area (Å²) in [6.45, 7) is 3.87. The summed E-state index contributed by atoms with van der Waals surface area (Å²) < 4.78 is 17.8. The van der Waals surface area contributed by atoms with E-state index in [4.69, 9.17) is 20.8 Å². The Morgan fingerprint density at radius 1 is 1.09 bits per heavy atom. The summed E-state index contributed by atoms with van der Waals surface area (Å²) >= 11 is 1.39. The Hall–Kier alpha value is -4.55. The number of carbonyl (C=O) groups excluding carboxylic acids is 1. The number of hydrogen-bond donors (Lipinski definition) is 1. The number of nitrogens with two attached hydrogens (primary N) is 1. The average Bonchev–Trinajstić information content (AvgIpc) is 3.73. The standard InChI is InChI=1S/C31H30FN9OS/c1-19-29(30(33)42)43-31(21-4-3-13-34-16-21)41(19)26-17-40-25(36-26)10-9-24(37-40)28-27(20-5-7-22(32)8-6-20)35-18-39(28)23-11-14-38(2)15-12-23/h3-10,13,16-18,23,31H,11-12,14-15H2,1-2H3,(H2,33,42). The van der Waals surface area contributed by atoms with Crippen molar-refractivity contribution in [2.24, 2.45) is 5.73 Å². The molecule has 7 rings (SSSR count). The van der Waals surface area contributed by atoms with Crippen LogP contribution in [0.25, 0.3) is 28.3 Å². The first kappa shape index (κ1) is 27.3. The van der Waals surface area contributed by atoms with Gasteiger partial charge in [0.05, 0.1) is 28.8 Å². The molecule has 0 radical (unpaired) electrons. The summed E-state index contributed by atoms with van der Waals surface area (Å²) in [6, 6.07) is 14.4. The molecule has 12 heteroatoms. The molecule has 10 nitrogen and oxygen atoms in total. The number of nitrogens with zero attached hydrogens (tertiary/aromatic N) is 8. The molecule has 1 unspecified atom stereocenters. The maximum atomic E-state index is 13.8. The molecule has 1 saturated heterocycles. The molecule has 0 saturated carbocycles. The van der Waals surface area contributed by atoms with E-state index in [1.807, 2.05) is 48.6 Å². The van der Waals surface area contributed by atoms with Crippen LogP contribution in [0.4, 0.5) is 10.2 Å². The number of imidazole rings is 2. The Bertz CT molecular complexity index is 1840. The minimum Gasteiger partial charge on any atom is -0.365 e. The summed E-state index contributed by atoms with van der Waals surface area (Å²) in [5.41, 5.74) is 11.3. The van der Waals surface area contributed by atoms with Crippen LogP contribution in [0.1, 0.15) is 36.7 Å². The molecule has 2 N–H and O–H groups in total. The molecule has 6 heterocycles. The first-order valence-corrected chi connectivity index (χ1v) is 15.0. The number of allylic oxidation sites excluding steroid dienone is 1. The number of anilines is 1. The van der Waals surface area contributed by atoms with Gasteiger partial charge in [0, 0.05) is 35.3 Å². The number of hydrogen-bond acceptors (Lipinski definition) is 8. The molecule has 4 aromatic heterocycles. The number of carbonyl (C=O) groups is 1. The first-order chi connectivity index (χ1) is 20.9. The highest BCUT2D eigenvalue weighted by molar-refractivity contribution is 8.04. The van der Waals surface area contributed by atoms with Crippen LogP contribution in [0, 0.1) is 5.82 Å². The SMILES string of the molecule is CC1=C(C(N)=O)SC(c2cccnc2)N1c1cn2nc(-c3c(-c4ccc(F)cc4)ncn3C3CCN(C)CC3)ccc2n1. The fourth-order valence-electron chi connectivity index (χ4n) is 5.90. The minimum absolute atomic E-state index is 0.253. The second-order valence-corrected chi connectivity index (χ2v) is 12.0. The lowest BCUT2D eigenvalue weighted by molar-refractivity contribution is -0.113. The number of benzene rings is 1. The van der Waals surface area contributed by atoms with Crippen molar-refractivity contribution in [1.29, 1.82) is 0 Å². The third kappa shape index (κ3) is 4.96. The topological polar surface area (TPSA) is 110 Å². The lowest BCUT2D eigenvalue weighted by Gasteiger charge is -2.30. The molecule has 0 spiro atoms. The van der Waals surface area contributed by atoms with Crippen molar-refractivity contribution in [1.82, 2.24) is 34.0 Å². The lowest BCUT2D eigenvalue weighted by atomic mass is 10.0. The van der Waals surface area contributed by atoms with Crippen molar-refractivity contribution in [2.75, 3.05) is 25.0 Å². The van der Waals surface area contributed by atoms with Crippen LogP contribution in [-0.4, -0.2) is 60.1 Å². The Morgan fingerprint density at radius 2 is 1.88 bits per heavy atom. The summed E-state index contributed by atoms with van der Waals surface area (Å²) in [6.07, 6.45) is 9.25. The Labute approximate surface area is 252 Å². The number of halogens is 1. The Balaban J connectivity index is 1.32. The quantitative estimate of drug-likeness (QED) is 0.291. The Morgan fingerprint density at radius 3 is 2.60 bits per heavy atom. The maximum absolute atomic E-state index is 13.8. The lowest BCUT2D eigenvalue weighted by Crippen LogP contribution is -2.31. The zero-order chi connectivity index (χ0) is 29.7. The number of rotatable bonds is 6. The molecule has 218 valence electrons. The largest absolute Gasteiger partial charge is 0.365 e. The normalized spacial score (nSPS) is 18.2. The molecule has 43 heavy (non-hydrogen) atoms. The van der Waals surface area contributed by atoms with Crippen molar-refractivity contribution in [3.63, 3.8) is 0 Å². The molecule has 1 fully saturated rings. The van der Waals surface area contributed by atoms with Gasteiger partial charge in [-0.25, -0.2) is 18.9 Å². The molecule has 1 amide bonds. The van der Waals surface area contributed by atoms with E-state index in [9.17, 15) is 9.18 Å². The molecular weight excluding hydrogens is 565 g/mol. The maximum Gasteiger partial charge on any atom is 0.256 e. The highest BCUT2D eigenvalue weighted by Crippen LogP contribution is 2.49. The second-order valence-electron chi connectivity index (χ2n) is 10.9. The van der Waals surface area contributed by atoms with Gasteiger partial charge in [-0.05, 0) is 82.4 Å². The van der Waals surface area contributed by atoms with Crippen molar-refractivity contribution >= 4 is 29.1 Å². The fourth-order valence-corrected chi connectivity index (χ4v) is 7.15. The van der Waals surface area contributed by atoms with Crippen LogP contribution < -0.4 is 10.6 Å². The molecule has 2 aliphatic heterocycles. The fraction of sp³-hybridized carbons (Fsp3) is 0.258. The molecule has 2 aliphatic rings. The average molecular weight is 596 g/mol. The van der Waals surface area contributed by atoms with Crippen LogP contribution in [0.3, 0.4) is 0 Å². The van der Waals surface area contributed by atoms with Gasteiger partial charge in [0.25, 0.3) is 5.91 Å². The number of likely N-dealkylation sites (tertiary alicyclic amines) is 1. The van der Waals surface area contributed by atoms with E-state index < -0.39 is 5.91 Å². The third-order valence-corrected chi connectivity index (χ3v) is 9.58. The monoisotopic (exact) mass is 595 g/mol. The number of amides is 1. The van der Waals surface area contributed by atoms with Gasteiger partial charge in [0.1, 0.15) is 16.9 Å². The van der Waals surface area contributed by atoms with Crippen LogP contribution in [-0.2, 0) is 4.79 Å². The van der Waals surface area contributed by atoms with Crippen LogP contribution in [0.15, 0.2) is 84.1 Å². The third-order valence-electron chi connectivity index (χ3n) is 8.14. The Kier molecular flexibility index (Phi) is 6.94. The van der Waals surface area contributed by atoms with Gasteiger partial charge in [0.15, 0.2) is 11.5 Å². The van der Waals surface area contributed by atoms with E-state index in [2.05, 4.69) is 21.5 Å². The van der Waals surface area contributed by atoms with E-state index in [-0.39, 0.29) is 17.2 Å². The van der Waals surface area contributed by atoms with Crippen LogP contribution >= 0.6 is 11.8 Å². The smallest absolute Gasteiger partial charge is 0.256 e. The van der Waals surface area contributed by atoms with Crippen molar-refractivity contribution in [2.45, 2.75) is 31.2 Å². The van der Waals surface area contributed by atoms with Crippen LogP contribution in [0.2, 0.25) is 0 Å². The number of fused-ring (bicyclic) bond motifs is 1. The number of thioether (sulfide) groups is 1. The van der Waals surface area contributed by atoms with Crippen molar-refractivity contribution < 1.29 is 9.18 Å². The summed E-state index contributed by atoms with van der Waals surface area (Å²) in [5, 5.41) is 4.76. The van der Waals surface area contributed by atoms with Gasteiger partial charge in [-0.1, -0.05) is 17.8 Å². The van der Waals surface area contributed by atoms with Gasteiger partial charge >= 0.3 is 0 Å². The zero-order valence-electron chi connectivity index (χ0n) is 23.8. The van der Waals surface area contributed by atoms with Crippen LogP contribution in [0.5, 0.6) is 0 Å². The first-order valence-electron chi connectivity index (χ1n) is 14.1. The summed E-state index contributed by atoms with van der Waals surface area (Å²) in [4.78, 5) is 31.1.